The summed E-state index contributed by atoms with van der Waals surface area (Å²) in [5.41, 5.74) is 0.521. The quantitative estimate of drug-likeness (QED) is 0.433. The van der Waals surface area contributed by atoms with E-state index < -0.39 is 23.8 Å². The Morgan fingerprint density at radius 3 is 2.38 bits per heavy atom. The number of urea groups is 1. The zero-order chi connectivity index (χ0) is 15.2. The number of nitrogens with zero attached hydrogens (tertiary/aromatic N) is 2. The van der Waals surface area contributed by atoms with E-state index in [9.17, 15) is 14.4 Å². The fourth-order valence-corrected chi connectivity index (χ4v) is 2.50. The van der Waals surface area contributed by atoms with E-state index in [-0.39, 0.29) is 0 Å². The maximum atomic E-state index is 11.8. The predicted molar refractivity (Wildman–Crippen MR) is 77.1 cm³/mol. The number of hydrogen-bond donors (Lipinski definition) is 3. The molecule has 3 N–H and O–H groups in total. The van der Waals surface area contributed by atoms with Crippen LogP contribution in [0.15, 0.2) is 4.99 Å². The number of rotatable bonds is 5. The molecule has 0 unspecified atom stereocenters. The second-order valence-corrected chi connectivity index (χ2v) is 5.06. The lowest BCUT2D eigenvalue weighted by atomic mass is 9.97. The van der Waals surface area contributed by atoms with Crippen LogP contribution >= 0.6 is 0 Å². The number of hydrogen-bond acceptors (Lipinski definition) is 6. The van der Waals surface area contributed by atoms with Gasteiger partial charge in [-0.3, -0.25) is 30.1 Å². The van der Waals surface area contributed by atoms with Crippen molar-refractivity contribution in [2.24, 2.45) is 10.9 Å². The summed E-state index contributed by atoms with van der Waals surface area (Å²) in [7, 11) is 0. The first kappa shape index (κ1) is 15.6. The molecule has 2 fully saturated rings. The molecule has 4 amide bonds. The monoisotopic (exact) mass is 295 g/mol. The fourth-order valence-electron chi connectivity index (χ4n) is 2.50. The van der Waals surface area contributed by atoms with Crippen molar-refractivity contribution < 1.29 is 14.4 Å². The standard InChI is InChI=1S/C13H21N5O3/c1-2-9(10-11(19)16-13(21)17-12(10)20)15-5-8-18-6-3-14-4-7-18/h10,14H,2-8H2,1H3,(H2,16,17,19,20,21). The topological polar surface area (TPSA) is 103 Å². The van der Waals surface area contributed by atoms with Gasteiger partial charge in [0, 0.05) is 38.4 Å². The maximum absolute atomic E-state index is 11.8. The average Bonchev–Trinajstić information content (AvgIpc) is 2.45. The highest BCUT2D eigenvalue weighted by Crippen LogP contribution is 2.08. The van der Waals surface area contributed by atoms with Gasteiger partial charge in [-0.05, 0) is 6.42 Å². The lowest BCUT2D eigenvalue weighted by Crippen LogP contribution is -2.58. The minimum Gasteiger partial charge on any atom is -0.314 e. The van der Waals surface area contributed by atoms with Crippen molar-refractivity contribution >= 4 is 23.6 Å². The van der Waals surface area contributed by atoms with E-state index in [1.54, 1.807) is 0 Å². The van der Waals surface area contributed by atoms with Crippen LogP contribution in [0.3, 0.4) is 0 Å². The van der Waals surface area contributed by atoms with Crippen LogP contribution in [0.25, 0.3) is 0 Å². The van der Waals surface area contributed by atoms with Gasteiger partial charge in [0.15, 0.2) is 5.92 Å². The van der Waals surface area contributed by atoms with Crippen LogP contribution in [0, 0.1) is 5.92 Å². The van der Waals surface area contributed by atoms with E-state index in [0.717, 1.165) is 32.7 Å². The molecule has 0 saturated carbocycles. The van der Waals surface area contributed by atoms with Crippen molar-refractivity contribution in [2.75, 3.05) is 39.3 Å². The summed E-state index contributed by atoms with van der Waals surface area (Å²) in [5.74, 6) is -2.17. The molecular weight excluding hydrogens is 274 g/mol. The summed E-state index contributed by atoms with van der Waals surface area (Å²) in [6.07, 6.45) is 0.501. The fraction of sp³-hybridized carbons (Fsp3) is 0.692. The number of amides is 4. The van der Waals surface area contributed by atoms with Gasteiger partial charge in [0.2, 0.25) is 11.8 Å². The van der Waals surface area contributed by atoms with E-state index in [0.29, 0.717) is 18.7 Å². The molecule has 0 aromatic heterocycles. The number of imide groups is 2. The van der Waals surface area contributed by atoms with Gasteiger partial charge in [0.25, 0.3) is 0 Å². The SMILES string of the molecule is CCC(=NCCN1CCNCC1)C1C(=O)NC(=O)NC1=O. The second-order valence-electron chi connectivity index (χ2n) is 5.06. The molecule has 8 heteroatoms. The van der Waals surface area contributed by atoms with E-state index in [1.165, 1.54) is 0 Å². The van der Waals surface area contributed by atoms with Crippen molar-refractivity contribution in [3.63, 3.8) is 0 Å². The minimum absolute atomic E-state index is 0.501. The highest BCUT2D eigenvalue weighted by atomic mass is 16.2. The molecule has 0 spiro atoms. The highest BCUT2D eigenvalue weighted by molar-refractivity contribution is 6.27. The van der Waals surface area contributed by atoms with E-state index >= 15 is 0 Å². The molecule has 2 rings (SSSR count). The summed E-state index contributed by atoms with van der Waals surface area (Å²) in [6, 6.07) is -0.766. The number of barbiturate groups is 1. The summed E-state index contributed by atoms with van der Waals surface area (Å²) in [5, 5.41) is 7.49. The van der Waals surface area contributed by atoms with Gasteiger partial charge in [-0.15, -0.1) is 0 Å². The first-order valence-corrected chi connectivity index (χ1v) is 7.23. The van der Waals surface area contributed by atoms with Crippen molar-refractivity contribution in [3.8, 4) is 0 Å². The molecule has 2 aliphatic heterocycles. The van der Waals surface area contributed by atoms with Crippen molar-refractivity contribution in [1.29, 1.82) is 0 Å². The first-order chi connectivity index (χ1) is 10.1. The van der Waals surface area contributed by atoms with E-state index in [4.69, 9.17) is 0 Å². The first-order valence-electron chi connectivity index (χ1n) is 7.23. The van der Waals surface area contributed by atoms with Gasteiger partial charge in [-0.25, -0.2) is 4.79 Å². The van der Waals surface area contributed by atoms with Gasteiger partial charge in [-0.2, -0.15) is 0 Å². The number of nitrogens with one attached hydrogen (secondary N) is 3. The Balaban J connectivity index is 1.94. The third kappa shape index (κ3) is 4.08. The van der Waals surface area contributed by atoms with E-state index in [2.05, 4.69) is 25.8 Å². The third-order valence-corrected chi connectivity index (χ3v) is 3.63. The molecule has 2 aliphatic rings. The molecule has 0 aromatic carbocycles. The van der Waals surface area contributed by atoms with Crippen LogP contribution < -0.4 is 16.0 Å². The van der Waals surface area contributed by atoms with E-state index in [1.807, 2.05) is 6.92 Å². The van der Waals surface area contributed by atoms with Gasteiger partial charge in [0.05, 0.1) is 6.54 Å². The largest absolute Gasteiger partial charge is 0.328 e. The van der Waals surface area contributed by atoms with Gasteiger partial charge in [-0.1, -0.05) is 6.92 Å². The molecule has 0 atom stereocenters. The third-order valence-electron chi connectivity index (χ3n) is 3.63. The van der Waals surface area contributed by atoms with Crippen LogP contribution in [0.2, 0.25) is 0 Å². The van der Waals surface area contributed by atoms with Crippen LogP contribution in [0.5, 0.6) is 0 Å². The molecule has 21 heavy (non-hydrogen) atoms. The van der Waals surface area contributed by atoms with Gasteiger partial charge in [0.1, 0.15) is 0 Å². The Morgan fingerprint density at radius 1 is 1.19 bits per heavy atom. The number of carbonyl (C=O) groups is 3. The van der Waals surface area contributed by atoms with Crippen LogP contribution in [0.1, 0.15) is 13.3 Å². The minimum atomic E-state index is -0.990. The maximum Gasteiger partial charge on any atom is 0.328 e. The normalized spacial score (nSPS) is 22.1. The molecule has 116 valence electrons. The second kappa shape index (κ2) is 7.28. The van der Waals surface area contributed by atoms with Crippen LogP contribution in [0.4, 0.5) is 4.79 Å². The summed E-state index contributed by atoms with van der Waals surface area (Å²) in [4.78, 5) is 41.3. The Bertz CT molecular complexity index is 437. The highest BCUT2D eigenvalue weighted by Gasteiger charge is 2.37. The predicted octanol–water partition coefficient (Wildman–Crippen LogP) is -1.28. The molecule has 0 aliphatic carbocycles. The molecule has 0 radical (unpaired) electrons. The average molecular weight is 295 g/mol. The molecule has 2 saturated heterocycles. The number of carbonyl (C=O) groups excluding carboxylic acids is 3. The molecule has 0 aromatic rings. The number of piperazine rings is 1. The van der Waals surface area contributed by atoms with Gasteiger partial charge >= 0.3 is 6.03 Å². The number of aliphatic imine (C=N–C) groups is 1. The smallest absolute Gasteiger partial charge is 0.314 e. The summed E-state index contributed by atoms with van der Waals surface area (Å²) >= 11 is 0. The Labute approximate surface area is 123 Å². The van der Waals surface area contributed by atoms with Gasteiger partial charge < -0.3 is 5.32 Å². The Hall–Kier alpha value is -1.80. The van der Waals surface area contributed by atoms with Crippen LogP contribution in [-0.2, 0) is 9.59 Å². The molecule has 8 nitrogen and oxygen atoms in total. The lowest BCUT2D eigenvalue weighted by Gasteiger charge is -2.26. The van der Waals surface area contributed by atoms with Crippen molar-refractivity contribution in [3.05, 3.63) is 0 Å². The van der Waals surface area contributed by atoms with Crippen LogP contribution in [-0.4, -0.2) is 67.7 Å². The molecule has 0 bridgehead atoms. The summed E-state index contributed by atoms with van der Waals surface area (Å²) < 4.78 is 0. The Morgan fingerprint density at radius 2 is 1.81 bits per heavy atom. The zero-order valence-corrected chi connectivity index (χ0v) is 12.1. The zero-order valence-electron chi connectivity index (χ0n) is 12.1. The molecular formula is C13H21N5O3. The van der Waals surface area contributed by atoms with Crippen molar-refractivity contribution in [2.45, 2.75) is 13.3 Å². The Kier molecular flexibility index (Phi) is 5.40. The molecule has 2 heterocycles. The van der Waals surface area contributed by atoms with Crippen molar-refractivity contribution in [1.82, 2.24) is 20.9 Å². The summed E-state index contributed by atoms with van der Waals surface area (Å²) in [6.45, 7) is 7.11. The lowest BCUT2D eigenvalue weighted by molar-refractivity contribution is -0.132.